The van der Waals surface area contributed by atoms with Gasteiger partial charge in [0.15, 0.2) is 0 Å². The predicted molar refractivity (Wildman–Crippen MR) is 54.7 cm³/mol. The molecule has 1 unspecified atom stereocenters. The molecule has 4 heteroatoms. The van der Waals surface area contributed by atoms with E-state index >= 15 is 0 Å². The van der Waals surface area contributed by atoms with Crippen LogP contribution in [0, 0.1) is 0 Å². The van der Waals surface area contributed by atoms with Gasteiger partial charge in [-0.05, 0) is 11.6 Å². The van der Waals surface area contributed by atoms with Crippen LogP contribution in [0.25, 0.3) is 0 Å². The molecule has 0 aliphatic carbocycles. The summed E-state index contributed by atoms with van der Waals surface area (Å²) in [6.45, 7) is 0.577. The summed E-state index contributed by atoms with van der Waals surface area (Å²) < 4.78 is 5.11. The lowest BCUT2D eigenvalue weighted by molar-refractivity contribution is 0.134. The molecule has 0 aromatic heterocycles. The molecular weight excluding hydrogens is 194 g/mol. The van der Waals surface area contributed by atoms with E-state index in [1.807, 2.05) is 12.1 Å². The van der Waals surface area contributed by atoms with Crippen molar-refractivity contribution in [2.75, 3.05) is 13.6 Å². The summed E-state index contributed by atoms with van der Waals surface area (Å²) in [6, 6.07) is 7.10. The molecule has 1 fully saturated rings. The number of likely N-dealkylation sites (N-methyl/N-ethyl adjacent to an activating group) is 1. The van der Waals surface area contributed by atoms with E-state index < -0.39 is 0 Å². The molecule has 80 valence electrons. The van der Waals surface area contributed by atoms with Crippen molar-refractivity contribution in [2.45, 2.75) is 12.5 Å². The molecule has 0 radical (unpaired) electrons. The number of hydrogen-bond acceptors (Lipinski definition) is 3. The van der Waals surface area contributed by atoms with Crippen molar-refractivity contribution < 1.29 is 14.6 Å². The normalized spacial score (nSPS) is 20.5. The fourth-order valence-electron chi connectivity index (χ4n) is 1.68. The van der Waals surface area contributed by atoms with E-state index in [9.17, 15) is 9.90 Å². The number of hydrogen-bond donors (Lipinski definition) is 1. The van der Waals surface area contributed by atoms with Crippen molar-refractivity contribution in [1.82, 2.24) is 4.90 Å². The number of cyclic esters (lactones) is 1. The molecule has 0 bridgehead atoms. The summed E-state index contributed by atoms with van der Waals surface area (Å²) in [7, 11) is 1.70. The number of ether oxygens (including phenoxy) is 1. The zero-order chi connectivity index (χ0) is 10.8. The van der Waals surface area contributed by atoms with Gasteiger partial charge in [-0.3, -0.25) is 0 Å². The average Bonchev–Trinajstić information content (AvgIpc) is 2.50. The topological polar surface area (TPSA) is 49.8 Å². The first-order valence-corrected chi connectivity index (χ1v) is 4.85. The molecule has 4 nitrogen and oxygen atoms in total. The van der Waals surface area contributed by atoms with Crippen molar-refractivity contribution in [3.05, 3.63) is 29.8 Å². The third-order valence-corrected chi connectivity index (χ3v) is 2.50. The number of phenols is 1. The van der Waals surface area contributed by atoms with Gasteiger partial charge in [0.1, 0.15) is 11.9 Å². The Morgan fingerprint density at radius 1 is 1.53 bits per heavy atom. The second-order valence-corrected chi connectivity index (χ2v) is 3.72. The van der Waals surface area contributed by atoms with Crippen LogP contribution in [0.2, 0.25) is 0 Å². The van der Waals surface area contributed by atoms with E-state index in [1.165, 1.54) is 4.90 Å². The minimum absolute atomic E-state index is 0.157. The Morgan fingerprint density at radius 3 is 2.87 bits per heavy atom. The minimum Gasteiger partial charge on any atom is -0.508 e. The second-order valence-electron chi connectivity index (χ2n) is 3.72. The van der Waals surface area contributed by atoms with Crippen LogP contribution in [0.15, 0.2) is 24.3 Å². The highest BCUT2D eigenvalue weighted by molar-refractivity contribution is 5.69. The fraction of sp³-hybridized carbons (Fsp3) is 0.364. The number of phenolic OH excluding ortho intramolecular Hbond substituents is 1. The summed E-state index contributed by atoms with van der Waals surface area (Å²) in [5.74, 6) is 0.253. The number of benzene rings is 1. The highest BCUT2D eigenvalue weighted by atomic mass is 16.6. The number of para-hydroxylation sites is 1. The van der Waals surface area contributed by atoms with Gasteiger partial charge in [0.2, 0.25) is 0 Å². The molecular formula is C11H13NO3. The Balaban J connectivity index is 2.05. The lowest BCUT2D eigenvalue weighted by Crippen LogP contribution is -2.20. The van der Waals surface area contributed by atoms with Gasteiger partial charge in [0.25, 0.3) is 0 Å². The Morgan fingerprint density at radius 2 is 2.27 bits per heavy atom. The van der Waals surface area contributed by atoms with Crippen LogP contribution in [0.3, 0.4) is 0 Å². The number of rotatable bonds is 2. The van der Waals surface area contributed by atoms with E-state index in [2.05, 4.69) is 0 Å². The van der Waals surface area contributed by atoms with E-state index in [1.54, 1.807) is 19.2 Å². The lowest BCUT2D eigenvalue weighted by atomic mass is 10.1. The van der Waals surface area contributed by atoms with Gasteiger partial charge >= 0.3 is 6.09 Å². The second kappa shape index (κ2) is 3.81. The van der Waals surface area contributed by atoms with Crippen LogP contribution in [-0.2, 0) is 11.2 Å². The van der Waals surface area contributed by atoms with Crippen molar-refractivity contribution in [1.29, 1.82) is 0 Å². The fourth-order valence-corrected chi connectivity index (χ4v) is 1.68. The zero-order valence-electron chi connectivity index (χ0n) is 8.51. The summed E-state index contributed by atoms with van der Waals surface area (Å²) in [5.41, 5.74) is 0.811. The van der Waals surface area contributed by atoms with Gasteiger partial charge < -0.3 is 14.7 Å². The molecule has 1 heterocycles. The third-order valence-electron chi connectivity index (χ3n) is 2.50. The zero-order valence-corrected chi connectivity index (χ0v) is 8.51. The van der Waals surface area contributed by atoms with Crippen molar-refractivity contribution in [3.63, 3.8) is 0 Å². The third kappa shape index (κ3) is 2.03. The Hall–Kier alpha value is -1.71. The summed E-state index contributed by atoms with van der Waals surface area (Å²) in [4.78, 5) is 12.6. The van der Waals surface area contributed by atoms with Crippen molar-refractivity contribution >= 4 is 6.09 Å². The molecule has 1 aromatic rings. The maximum Gasteiger partial charge on any atom is 0.409 e. The number of aromatic hydroxyl groups is 1. The van der Waals surface area contributed by atoms with Gasteiger partial charge in [-0.2, -0.15) is 0 Å². The first kappa shape index (κ1) is 9.83. The van der Waals surface area contributed by atoms with Gasteiger partial charge in [0.05, 0.1) is 6.54 Å². The van der Waals surface area contributed by atoms with Crippen LogP contribution in [0.5, 0.6) is 5.75 Å². The standard InChI is InChI=1S/C11H13NO3/c1-12-7-9(15-11(12)14)6-8-4-2-3-5-10(8)13/h2-5,9,13H,6-7H2,1H3. The van der Waals surface area contributed by atoms with Crippen LogP contribution in [0.1, 0.15) is 5.56 Å². The predicted octanol–water partition coefficient (Wildman–Crippen LogP) is 1.39. The Bertz CT molecular complexity index is 378. The molecule has 1 amide bonds. The monoisotopic (exact) mass is 207 g/mol. The van der Waals surface area contributed by atoms with Crippen molar-refractivity contribution in [2.24, 2.45) is 0 Å². The van der Waals surface area contributed by atoms with E-state index in [0.29, 0.717) is 13.0 Å². The molecule has 1 aliphatic rings. The highest BCUT2D eigenvalue weighted by Gasteiger charge is 2.28. The first-order chi connectivity index (χ1) is 7.16. The van der Waals surface area contributed by atoms with E-state index in [0.717, 1.165) is 5.56 Å². The smallest absolute Gasteiger partial charge is 0.409 e. The maximum atomic E-state index is 11.1. The summed E-state index contributed by atoms with van der Waals surface area (Å²) in [6.07, 6.45) is 0.106. The molecule has 1 saturated heterocycles. The van der Waals surface area contributed by atoms with Gasteiger partial charge in [0, 0.05) is 13.5 Å². The number of nitrogens with zero attached hydrogens (tertiary/aromatic N) is 1. The van der Waals surface area contributed by atoms with Crippen molar-refractivity contribution in [3.8, 4) is 5.75 Å². The van der Waals surface area contributed by atoms with E-state index in [4.69, 9.17) is 4.74 Å². The minimum atomic E-state index is -0.296. The number of amides is 1. The summed E-state index contributed by atoms with van der Waals surface area (Å²) in [5, 5.41) is 9.55. The molecule has 0 saturated carbocycles. The Kier molecular flexibility index (Phi) is 2.49. The highest BCUT2D eigenvalue weighted by Crippen LogP contribution is 2.21. The van der Waals surface area contributed by atoms with Crippen LogP contribution in [0.4, 0.5) is 4.79 Å². The van der Waals surface area contributed by atoms with Gasteiger partial charge in [-0.1, -0.05) is 18.2 Å². The molecule has 2 rings (SSSR count). The largest absolute Gasteiger partial charge is 0.508 e. The molecule has 1 aliphatic heterocycles. The maximum absolute atomic E-state index is 11.1. The Labute approximate surface area is 88.1 Å². The average molecular weight is 207 g/mol. The quantitative estimate of drug-likeness (QED) is 0.797. The molecule has 0 spiro atoms. The van der Waals surface area contributed by atoms with Gasteiger partial charge in [-0.15, -0.1) is 0 Å². The molecule has 1 aromatic carbocycles. The van der Waals surface area contributed by atoms with Crippen LogP contribution >= 0.6 is 0 Å². The number of carbonyl (C=O) groups is 1. The lowest BCUT2D eigenvalue weighted by Gasteiger charge is -2.09. The van der Waals surface area contributed by atoms with E-state index in [-0.39, 0.29) is 17.9 Å². The van der Waals surface area contributed by atoms with Crippen LogP contribution in [-0.4, -0.2) is 35.8 Å². The van der Waals surface area contributed by atoms with Gasteiger partial charge in [-0.25, -0.2) is 4.79 Å². The summed E-state index contributed by atoms with van der Waals surface area (Å²) >= 11 is 0. The number of carbonyl (C=O) groups excluding carboxylic acids is 1. The molecule has 1 atom stereocenters. The SMILES string of the molecule is CN1CC(Cc2ccccc2O)OC1=O. The van der Waals surface area contributed by atoms with Crippen LogP contribution < -0.4 is 0 Å². The molecule has 15 heavy (non-hydrogen) atoms. The first-order valence-electron chi connectivity index (χ1n) is 4.85. The molecule has 1 N–H and O–H groups in total.